The van der Waals surface area contributed by atoms with E-state index in [0.29, 0.717) is 0 Å². The molecule has 0 saturated heterocycles. The topological polar surface area (TPSA) is 93.1 Å². The first-order chi connectivity index (χ1) is 6.00. The van der Waals surface area contributed by atoms with Crippen LogP contribution in [0.3, 0.4) is 0 Å². The highest BCUT2D eigenvalue weighted by molar-refractivity contribution is 5.65. The Morgan fingerprint density at radius 1 is 1.31 bits per heavy atom. The molecule has 78 valence electrons. The molecule has 0 atom stereocenters. The first kappa shape index (κ1) is 14.4. The summed E-state index contributed by atoms with van der Waals surface area (Å²) in [5.41, 5.74) is 0. The molecule has 0 aliphatic rings. The van der Waals surface area contributed by atoms with Crippen LogP contribution in [0.4, 0.5) is 0 Å². The minimum absolute atomic E-state index is 0.0543. The van der Waals surface area contributed by atoms with Gasteiger partial charge < -0.3 is 19.7 Å². The molecule has 0 spiro atoms. The molecule has 0 heterocycles. The normalized spacial score (nSPS) is 8.23. The van der Waals surface area contributed by atoms with E-state index in [0.717, 1.165) is 6.92 Å². The molecule has 0 aromatic heterocycles. The summed E-state index contributed by atoms with van der Waals surface area (Å²) in [7, 11) is 0. The SMILES string of the molecule is CC(=O)O.CC(=O)OCOCCO. The third kappa shape index (κ3) is 36.1. The van der Waals surface area contributed by atoms with Crippen LogP contribution in [0.1, 0.15) is 13.8 Å². The van der Waals surface area contributed by atoms with E-state index in [4.69, 9.17) is 15.0 Å². The van der Waals surface area contributed by atoms with Gasteiger partial charge in [0.25, 0.3) is 5.97 Å². The molecule has 0 aliphatic heterocycles. The Morgan fingerprint density at radius 3 is 2.08 bits per heavy atom. The van der Waals surface area contributed by atoms with Gasteiger partial charge >= 0.3 is 5.97 Å². The number of carbonyl (C=O) groups is 2. The molecule has 2 N–H and O–H groups in total. The third-order valence-corrected chi connectivity index (χ3v) is 0.581. The van der Waals surface area contributed by atoms with Crippen LogP contribution in [0.2, 0.25) is 0 Å². The fraction of sp³-hybridized carbons (Fsp3) is 0.714. The van der Waals surface area contributed by atoms with Gasteiger partial charge in [0.05, 0.1) is 13.2 Å². The van der Waals surface area contributed by atoms with E-state index < -0.39 is 5.97 Å². The number of hydrogen-bond acceptors (Lipinski definition) is 5. The maximum absolute atomic E-state index is 10.0. The van der Waals surface area contributed by atoms with Crippen LogP contribution in [0.15, 0.2) is 0 Å². The molecule has 0 aromatic rings. The first-order valence-corrected chi connectivity index (χ1v) is 3.52. The van der Waals surface area contributed by atoms with E-state index in [1.54, 1.807) is 0 Å². The Bertz CT molecular complexity index is 140. The molecular weight excluding hydrogens is 180 g/mol. The van der Waals surface area contributed by atoms with Gasteiger partial charge in [-0.1, -0.05) is 0 Å². The summed E-state index contributed by atoms with van der Waals surface area (Å²) in [4.78, 5) is 19.0. The molecule has 0 aliphatic carbocycles. The number of aliphatic hydroxyl groups is 1. The van der Waals surface area contributed by atoms with E-state index in [2.05, 4.69) is 9.47 Å². The van der Waals surface area contributed by atoms with Crippen molar-refractivity contribution in [2.24, 2.45) is 0 Å². The van der Waals surface area contributed by atoms with Crippen molar-refractivity contribution in [2.75, 3.05) is 20.0 Å². The van der Waals surface area contributed by atoms with Crippen molar-refractivity contribution in [3.63, 3.8) is 0 Å². The average Bonchev–Trinajstić information content (AvgIpc) is 1.97. The highest BCUT2D eigenvalue weighted by atomic mass is 16.7. The second-order valence-electron chi connectivity index (χ2n) is 1.90. The Hall–Kier alpha value is -1.14. The Morgan fingerprint density at radius 2 is 1.77 bits per heavy atom. The number of ether oxygens (including phenoxy) is 2. The lowest BCUT2D eigenvalue weighted by Gasteiger charge is -2.00. The monoisotopic (exact) mass is 194 g/mol. The molecule has 0 saturated carbocycles. The lowest BCUT2D eigenvalue weighted by molar-refractivity contribution is -0.154. The van der Waals surface area contributed by atoms with Crippen molar-refractivity contribution in [1.29, 1.82) is 0 Å². The quantitative estimate of drug-likeness (QED) is 0.359. The molecule has 0 bridgehead atoms. The summed E-state index contributed by atoms with van der Waals surface area (Å²) in [6, 6.07) is 0. The van der Waals surface area contributed by atoms with Gasteiger partial charge in [0, 0.05) is 13.8 Å². The Kier molecular flexibility index (Phi) is 12.0. The summed E-state index contributed by atoms with van der Waals surface area (Å²) in [5, 5.41) is 15.6. The lowest BCUT2D eigenvalue weighted by atomic mass is 10.8. The zero-order valence-electron chi connectivity index (χ0n) is 7.65. The largest absolute Gasteiger partial charge is 0.481 e. The van der Waals surface area contributed by atoms with Crippen LogP contribution in [0.5, 0.6) is 0 Å². The molecule has 0 aromatic carbocycles. The predicted molar refractivity (Wildman–Crippen MR) is 43.0 cm³/mol. The smallest absolute Gasteiger partial charge is 0.304 e. The van der Waals surface area contributed by atoms with Gasteiger partial charge in [-0.15, -0.1) is 0 Å². The highest BCUT2D eigenvalue weighted by Crippen LogP contribution is 1.77. The van der Waals surface area contributed by atoms with Gasteiger partial charge in [0.1, 0.15) is 0 Å². The Labute approximate surface area is 76.1 Å². The van der Waals surface area contributed by atoms with Gasteiger partial charge in [-0.2, -0.15) is 0 Å². The number of aliphatic hydroxyl groups excluding tert-OH is 1. The van der Waals surface area contributed by atoms with Gasteiger partial charge in [-0.3, -0.25) is 9.59 Å². The van der Waals surface area contributed by atoms with Crippen LogP contribution in [0, 0.1) is 0 Å². The van der Waals surface area contributed by atoms with Crippen molar-refractivity contribution in [3.8, 4) is 0 Å². The van der Waals surface area contributed by atoms with Gasteiger partial charge in [-0.05, 0) is 0 Å². The number of aliphatic carboxylic acids is 1. The first-order valence-electron chi connectivity index (χ1n) is 3.52. The van der Waals surface area contributed by atoms with Crippen molar-refractivity contribution >= 4 is 11.9 Å². The van der Waals surface area contributed by atoms with E-state index >= 15 is 0 Å². The second-order valence-corrected chi connectivity index (χ2v) is 1.90. The van der Waals surface area contributed by atoms with E-state index in [1.807, 2.05) is 0 Å². The fourth-order valence-electron chi connectivity index (χ4n) is 0.248. The number of carboxylic acid groups (broad SMARTS) is 1. The minimum atomic E-state index is -0.833. The zero-order chi connectivity index (χ0) is 10.7. The predicted octanol–water partition coefficient (Wildman–Crippen LogP) is -0.393. The summed E-state index contributed by atoms with van der Waals surface area (Å²) in [6.45, 7) is 2.45. The standard InChI is InChI=1S/C5H10O4.C2H4O2/c1-5(7)9-4-8-3-2-6;1-2(3)4/h6H,2-4H2,1H3;1H3,(H,3,4). The van der Waals surface area contributed by atoms with E-state index in [1.165, 1.54) is 6.92 Å². The molecule has 0 unspecified atom stereocenters. The average molecular weight is 194 g/mol. The van der Waals surface area contributed by atoms with Crippen molar-refractivity contribution < 1.29 is 29.3 Å². The van der Waals surface area contributed by atoms with Crippen LogP contribution in [-0.2, 0) is 19.1 Å². The van der Waals surface area contributed by atoms with Gasteiger partial charge in [-0.25, -0.2) is 0 Å². The Balaban J connectivity index is 0. The summed E-state index contributed by atoms with van der Waals surface area (Å²) >= 11 is 0. The summed E-state index contributed by atoms with van der Waals surface area (Å²) in [5.74, 6) is -1.21. The summed E-state index contributed by atoms with van der Waals surface area (Å²) in [6.07, 6.45) is 0. The lowest BCUT2D eigenvalue weighted by Crippen LogP contribution is -2.06. The molecule has 6 nitrogen and oxygen atoms in total. The van der Waals surface area contributed by atoms with Crippen LogP contribution in [-0.4, -0.2) is 42.2 Å². The summed E-state index contributed by atoms with van der Waals surface area (Å²) < 4.78 is 8.97. The van der Waals surface area contributed by atoms with Crippen molar-refractivity contribution in [2.45, 2.75) is 13.8 Å². The number of carboxylic acids is 1. The van der Waals surface area contributed by atoms with Gasteiger partial charge in [0.15, 0.2) is 6.79 Å². The third-order valence-electron chi connectivity index (χ3n) is 0.581. The molecule has 0 rings (SSSR count). The molecule has 0 fully saturated rings. The van der Waals surface area contributed by atoms with Crippen LogP contribution < -0.4 is 0 Å². The number of rotatable bonds is 4. The van der Waals surface area contributed by atoms with E-state index in [9.17, 15) is 4.79 Å². The second kappa shape index (κ2) is 10.9. The zero-order valence-corrected chi connectivity index (χ0v) is 7.65. The maximum atomic E-state index is 10.0. The van der Waals surface area contributed by atoms with E-state index in [-0.39, 0.29) is 26.0 Å². The van der Waals surface area contributed by atoms with Gasteiger partial charge in [0.2, 0.25) is 0 Å². The minimum Gasteiger partial charge on any atom is -0.481 e. The van der Waals surface area contributed by atoms with Crippen LogP contribution in [0.25, 0.3) is 0 Å². The molecule has 0 amide bonds. The van der Waals surface area contributed by atoms with Crippen LogP contribution >= 0.6 is 0 Å². The molecule has 0 radical (unpaired) electrons. The van der Waals surface area contributed by atoms with Crippen molar-refractivity contribution in [3.05, 3.63) is 0 Å². The maximum Gasteiger partial charge on any atom is 0.304 e. The molecule has 6 heteroatoms. The molecular formula is C7H14O6. The number of esters is 1. The fourth-order valence-corrected chi connectivity index (χ4v) is 0.248. The number of carbonyl (C=O) groups excluding carboxylic acids is 1. The highest BCUT2D eigenvalue weighted by Gasteiger charge is 1.89. The number of hydrogen-bond donors (Lipinski definition) is 2. The van der Waals surface area contributed by atoms with Crippen molar-refractivity contribution in [1.82, 2.24) is 0 Å². The molecule has 13 heavy (non-hydrogen) atoms.